The summed E-state index contributed by atoms with van der Waals surface area (Å²) >= 11 is 0. The molecule has 0 saturated carbocycles. The lowest BCUT2D eigenvalue weighted by Crippen LogP contribution is -2.32. The molecule has 1 aromatic rings. The molecule has 0 amide bonds. The molecule has 96 valence electrons. The highest BCUT2D eigenvalue weighted by atomic mass is 16.5. The van der Waals surface area contributed by atoms with Gasteiger partial charge in [0.1, 0.15) is 5.75 Å². The van der Waals surface area contributed by atoms with E-state index >= 15 is 0 Å². The molecule has 17 heavy (non-hydrogen) atoms. The number of hydrogen-bond acceptors (Lipinski definition) is 3. The molecule has 0 aliphatic rings. The van der Waals surface area contributed by atoms with Crippen LogP contribution in [0.3, 0.4) is 0 Å². The van der Waals surface area contributed by atoms with Gasteiger partial charge >= 0.3 is 0 Å². The highest BCUT2D eigenvalue weighted by molar-refractivity contribution is 5.37. The SMILES string of the molecule is CCc1cc(CN(C)CC(C)N)ccc1OC. The largest absolute Gasteiger partial charge is 0.496 e. The number of rotatable bonds is 6. The quantitative estimate of drug-likeness (QED) is 0.821. The lowest BCUT2D eigenvalue weighted by atomic mass is 10.1. The van der Waals surface area contributed by atoms with Crippen LogP contribution in [0.4, 0.5) is 0 Å². The Hall–Kier alpha value is -1.06. The van der Waals surface area contributed by atoms with Gasteiger partial charge < -0.3 is 15.4 Å². The van der Waals surface area contributed by atoms with Crippen LogP contribution in [0.5, 0.6) is 5.75 Å². The van der Waals surface area contributed by atoms with Gasteiger partial charge in [-0.15, -0.1) is 0 Å². The Labute approximate surface area is 105 Å². The van der Waals surface area contributed by atoms with Crippen LogP contribution in [0.1, 0.15) is 25.0 Å². The second kappa shape index (κ2) is 6.62. The van der Waals surface area contributed by atoms with Crippen molar-refractivity contribution < 1.29 is 4.74 Å². The Balaban J connectivity index is 2.72. The van der Waals surface area contributed by atoms with Crippen LogP contribution in [0.25, 0.3) is 0 Å². The van der Waals surface area contributed by atoms with E-state index in [1.165, 1.54) is 11.1 Å². The highest BCUT2D eigenvalue weighted by Crippen LogP contribution is 2.20. The van der Waals surface area contributed by atoms with Crippen LogP contribution in [0, 0.1) is 0 Å². The monoisotopic (exact) mass is 236 g/mol. The van der Waals surface area contributed by atoms with E-state index in [9.17, 15) is 0 Å². The van der Waals surface area contributed by atoms with Crippen molar-refractivity contribution in [2.24, 2.45) is 5.73 Å². The molecular formula is C14H24N2O. The summed E-state index contributed by atoms with van der Waals surface area (Å²) in [6.07, 6.45) is 0.994. The second-order valence-corrected chi connectivity index (χ2v) is 4.67. The van der Waals surface area contributed by atoms with Gasteiger partial charge in [-0.1, -0.05) is 19.1 Å². The van der Waals surface area contributed by atoms with Crippen molar-refractivity contribution in [3.8, 4) is 5.75 Å². The first-order chi connectivity index (χ1) is 8.06. The number of methoxy groups -OCH3 is 1. The number of aryl methyl sites for hydroxylation is 1. The molecule has 0 aromatic heterocycles. The number of nitrogens with two attached hydrogens (primary N) is 1. The average molecular weight is 236 g/mol. The van der Waals surface area contributed by atoms with Crippen molar-refractivity contribution in [3.05, 3.63) is 29.3 Å². The lowest BCUT2D eigenvalue weighted by Gasteiger charge is -2.19. The minimum atomic E-state index is 0.212. The molecule has 0 fully saturated rings. The van der Waals surface area contributed by atoms with Crippen LogP contribution in [-0.4, -0.2) is 31.6 Å². The molecule has 2 N–H and O–H groups in total. The molecule has 1 rings (SSSR count). The molecule has 3 heteroatoms. The third kappa shape index (κ3) is 4.36. The van der Waals surface area contributed by atoms with Gasteiger partial charge in [-0.2, -0.15) is 0 Å². The summed E-state index contributed by atoms with van der Waals surface area (Å²) in [5.74, 6) is 0.978. The average Bonchev–Trinajstić information content (AvgIpc) is 2.27. The molecule has 0 radical (unpaired) electrons. The Kier molecular flexibility index (Phi) is 5.45. The van der Waals surface area contributed by atoms with Gasteiger partial charge in [0.2, 0.25) is 0 Å². The predicted octanol–water partition coefficient (Wildman–Crippen LogP) is 2.04. The van der Waals surface area contributed by atoms with Crippen LogP contribution in [0.15, 0.2) is 18.2 Å². The maximum absolute atomic E-state index is 5.79. The molecule has 0 heterocycles. The Morgan fingerprint density at radius 3 is 2.65 bits per heavy atom. The van der Waals surface area contributed by atoms with Crippen LogP contribution >= 0.6 is 0 Å². The van der Waals surface area contributed by atoms with E-state index in [2.05, 4.69) is 31.0 Å². The molecule has 0 saturated heterocycles. The second-order valence-electron chi connectivity index (χ2n) is 4.67. The van der Waals surface area contributed by atoms with Crippen molar-refractivity contribution in [2.75, 3.05) is 20.7 Å². The molecule has 1 unspecified atom stereocenters. The van der Waals surface area contributed by atoms with E-state index in [-0.39, 0.29) is 6.04 Å². The van der Waals surface area contributed by atoms with Gasteiger partial charge in [0, 0.05) is 19.1 Å². The fraction of sp³-hybridized carbons (Fsp3) is 0.571. The topological polar surface area (TPSA) is 38.5 Å². The van der Waals surface area contributed by atoms with Crippen molar-refractivity contribution >= 4 is 0 Å². The molecule has 0 aliphatic heterocycles. The number of likely N-dealkylation sites (N-methyl/N-ethyl adjacent to an activating group) is 1. The summed E-state index contributed by atoms with van der Waals surface area (Å²) in [5, 5.41) is 0. The molecule has 1 aromatic carbocycles. The first-order valence-corrected chi connectivity index (χ1v) is 6.16. The van der Waals surface area contributed by atoms with E-state index in [1.54, 1.807) is 7.11 Å². The van der Waals surface area contributed by atoms with E-state index in [1.807, 2.05) is 13.0 Å². The third-order valence-corrected chi connectivity index (χ3v) is 2.78. The Bertz CT molecular complexity index is 350. The van der Waals surface area contributed by atoms with E-state index in [0.29, 0.717) is 0 Å². The van der Waals surface area contributed by atoms with Gasteiger partial charge in [-0.05, 0) is 37.6 Å². The summed E-state index contributed by atoms with van der Waals surface area (Å²) in [5.41, 5.74) is 8.36. The maximum atomic E-state index is 5.79. The standard InChI is InChI=1S/C14H24N2O/c1-5-13-8-12(6-7-14(13)17-4)10-16(3)9-11(2)15/h6-8,11H,5,9-10,15H2,1-4H3. The summed E-state index contributed by atoms with van der Waals surface area (Å²) in [4.78, 5) is 2.24. The zero-order valence-electron chi connectivity index (χ0n) is 11.4. The summed E-state index contributed by atoms with van der Waals surface area (Å²) in [6.45, 7) is 6.02. The molecule has 3 nitrogen and oxygen atoms in total. The van der Waals surface area contributed by atoms with Crippen LogP contribution in [-0.2, 0) is 13.0 Å². The number of benzene rings is 1. The van der Waals surface area contributed by atoms with Gasteiger partial charge in [0.25, 0.3) is 0 Å². The molecule has 1 atom stereocenters. The molecule has 0 aliphatic carbocycles. The first kappa shape index (κ1) is 14.0. The van der Waals surface area contributed by atoms with Crippen molar-refractivity contribution in [1.29, 1.82) is 0 Å². The zero-order valence-corrected chi connectivity index (χ0v) is 11.4. The third-order valence-electron chi connectivity index (χ3n) is 2.78. The van der Waals surface area contributed by atoms with Gasteiger partial charge in [0.05, 0.1) is 7.11 Å². The summed E-state index contributed by atoms with van der Waals surface area (Å²) in [7, 11) is 3.82. The van der Waals surface area contributed by atoms with Gasteiger partial charge in [-0.3, -0.25) is 0 Å². The molecule has 0 spiro atoms. The minimum absolute atomic E-state index is 0.212. The number of ether oxygens (including phenoxy) is 1. The lowest BCUT2D eigenvalue weighted by molar-refractivity contribution is 0.309. The van der Waals surface area contributed by atoms with Gasteiger partial charge in [0.15, 0.2) is 0 Å². The highest BCUT2D eigenvalue weighted by Gasteiger charge is 2.06. The van der Waals surface area contributed by atoms with Crippen LogP contribution in [0.2, 0.25) is 0 Å². The fourth-order valence-corrected chi connectivity index (χ4v) is 2.07. The first-order valence-electron chi connectivity index (χ1n) is 6.16. The minimum Gasteiger partial charge on any atom is -0.496 e. The van der Waals surface area contributed by atoms with Gasteiger partial charge in [-0.25, -0.2) is 0 Å². The predicted molar refractivity (Wildman–Crippen MR) is 72.4 cm³/mol. The molecule has 0 bridgehead atoms. The summed E-state index contributed by atoms with van der Waals surface area (Å²) in [6, 6.07) is 6.60. The van der Waals surface area contributed by atoms with E-state index < -0.39 is 0 Å². The van der Waals surface area contributed by atoms with E-state index in [0.717, 1.165) is 25.3 Å². The van der Waals surface area contributed by atoms with Crippen molar-refractivity contribution in [1.82, 2.24) is 4.90 Å². The van der Waals surface area contributed by atoms with E-state index in [4.69, 9.17) is 10.5 Å². The zero-order chi connectivity index (χ0) is 12.8. The van der Waals surface area contributed by atoms with Crippen molar-refractivity contribution in [2.45, 2.75) is 32.9 Å². The van der Waals surface area contributed by atoms with Crippen LogP contribution < -0.4 is 10.5 Å². The number of hydrogen-bond donors (Lipinski definition) is 1. The Morgan fingerprint density at radius 2 is 2.12 bits per heavy atom. The smallest absolute Gasteiger partial charge is 0.122 e. The maximum Gasteiger partial charge on any atom is 0.122 e. The normalized spacial score (nSPS) is 12.8. The van der Waals surface area contributed by atoms with Crippen molar-refractivity contribution in [3.63, 3.8) is 0 Å². The molecular weight excluding hydrogens is 212 g/mol. The number of nitrogens with zero attached hydrogens (tertiary/aromatic N) is 1. The Morgan fingerprint density at radius 1 is 1.41 bits per heavy atom. The summed E-state index contributed by atoms with van der Waals surface area (Å²) < 4.78 is 5.33. The fourth-order valence-electron chi connectivity index (χ4n) is 2.07.